The second kappa shape index (κ2) is 15.9. The number of carbonyl (C=O) groups is 3. The molecular formula is C25H23Cl2N9O10S2. The number of halogens is 2. The van der Waals surface area contributed by atoms with E-state index in [4.69, 9.17) is 37.8 Å². The number of aromatic nitrogens is 5. The molecule has 4 rings (SSSR count). The van der Waals surface area contributed by atoms with Crippen LogP contribution in [0.5, 0.6) is 11.9 Å². The Balaban J connectivity index is 0.000000261. The molecule has 0 fully saturated rings. The maximum absolute atomic E-state index is 12.2. The number of urea groups is 2. The summed E-state index contributed by atoms with van der Waals surface area (Å²) in [4.78, 5) is 53.0. The average Bonchev–Trinajstić information content (AvgIpc) is 3.00. The van der Waals surface area contributed by atoms with E-state index in [0.29, 0.717) is 5.82 Å². The van der Waals surface area contributed by atoms with Crippen molar-refractivity contribution in [3.05, 3.63) is 76.2 Å². The van der Waals surface area contributed by atoms with Gasteiger partial charge in [-0.2, -0.15) is 19.9 Å². The smallest absolute Gasteiger partial charge is 0.337 e. The van der Waals surface area contributed by atoms with Gasteiger partial charge < -0.3 is 14.6 Å². The molecule has 19 nitrogen and oxygen atoms in total. The Bertz CT molecular complexity index is 2070. The number of aryl methyl sites for hydroxylation is 1. The highest BCUT2D eigenvalue weighted by Crippen LogP contribution is 2.20. The van der Waals surface area contributed by atoms with Gasteiger partial charge in [0.2, 0.25) is 17.8 Å². The maximum Gasteiger partial charge on any atom is 0.337 e. The van der Waals surface area contributed by atoms with Crippen LogP contribution in [0.2, 0.25) is 10.2 Å². The molecule has 0 saturated heterocycles. The third kappa shape index (κ3) is 10.3. The highest BCUT2D eigenvalue weighted by atomic mass is 35.5. The van der Waals surface area contributed by atoms with Crippen molar-refractivity contribution in [2.45, 2.75) is 16.7 Å². The summed E-state index contributed by atoms with van der Waals surface area (Å²) in [6.45, 7) is 1.56. The number of nitrogens with zero attached hydrogens (tertiary/aromatic N) is 5. The van der Waals surface area contributed by atoms with E-state index in [0.717, 1.165) is 12.1 Å². The molecular weight excluding hydrogens is 721 g/mol. The minimum Gasteiger partial charge on any atom is -0.481 e. The van der Waals surface area contributed by atoms with Crippen molar-refractivity contribution in [3.8, 4) is 11.9 Å². The van der Waals surface area contributed by atoms with Crippen LogP contribution >= 0.6 is 23.2 Å². The lowest BCUT2D eigenvalue weighted by Gasteiger charge is -2.10. The van der Waals surface area contributed by atoms with Crippen LogP contribution in [0.25, 0.3) is 0 Å². The number of amides is 4. The van der Waals surface area contributed by atoms with Crippen molar-refractivity contribution in [1.82, 2.24) is 34.4 Å². The molecule has 48 heavy (non-hydrogen) atoms. The lowest BCUT2D eigenvalue weighted by atomic mass is 10.2. The molecule has 4 aromatic rings. The Morgan fingerprint density at radius 2 is 1.27 bits per heavy atom. The molecule has 0 saturated carbocycles. The molecule has 0 unspecified atom stereocenters. The number of rotatable bonds is 9. The van der Waals surface area contributed by atoms with Gasteiger partial charge in [0, 0.05) is 6.07 Å². The third-order valence-electron chi connectivity index (χ3n) is 5.23. The first kappa shape index (κ1) is 37.1. The molecule has 0 aliphatic rings. The van der Waals surface area contributed by atoms with Crippen molar-refractivity contribution < 1.29 is 45.8 Å². The number of nitrogens with one attached hydrogen (secondary N) is 4. The van der Waals surface area contributed by atoms with Crippen LogP contribution in [0.4, 0.5) is 21.5 Å². The molecule has 254 valence electrons. The second-order valence-corrected chi connectivity index (χ2v) is 12.7. The molecule has 5 N–H and O–H groups in total. The summed E-state index contributed by atoms with van der Waals surface area (Å²) in [5.41, 5.74) is -0.483. The Morgan fingerprint density at radius 1 is 0.729 bits per heavy atom. The molecule has 2 aromatic carbocycles. The average molecular weight is 745 g/mol. The highest BCUT2D eigenvalue weighted by molar-refractivity contribution is 7.90. The van der Waals surface area contributed by atoms with Gasteiger partial charge in [0.1, 0.15) is 20.8 Å². The van der Waals surface area contributed by atoms with E-state index in [1.165, 1.54) is 50.6 Å². The number of carbonyl (C=O) groups excluding carboxylic acids is 2. The molecule has 0 bridgehead atoms. The van der Waals surface area contributed by atoms with Gasteiger partial charge in [0.25, 0.3) is 20.0 Å². The second-order valence-electron chi connectivity index (χ2n) is 8.60. The number of hydrogen-bond acceptors (Lipinski definition) is 14. The van der Waals surface area contributed by atoms with Crippen LogP contribution in [0.3, 0.4) is 0 Å². The number of anilines is 2. The van der Waals surface area contributed by atoms with E-state index in [9.17, 15) is 31.2 Å². The summed E-state index contributed by atoms with van der Waals surface area (Å²) in [6.07, 6.45) is 0. The minimum absolute atomic E-state index is 0.00882. The fraction of sp³-hybridized carbons (Fsp3) is 0.120. The minimum atomic E-state index is -4.44. The van der Waals surface area contributed by atoms with E-state index >= 15 is 0 Å². The monoisotopic (exact) mass is 743 g/mol. The number of sulfonamides is 2. The van der Waals surface area contributed by atoms with Crippen molar-refractivity contribution in [1.29, 1.82) is 0 Å². The highest BCUT2D eigenvalue weighted by Gasteiger charge is 2.25. The lowest BCUT2D eigenvalue weighted by molar-refractivity contribution is 0.0692. The zero-order valence-electron chi connectivity index (χ0n) is 24.6. The van der Waals surface area contributed by atoms with Crippen molar-refractivity contribution >= 4 is 73.2 Å². The fourth-order valence-corrected chi connectivity index (χ4v) is 6.02. The van der Waals surface area contributed by atoms with Crippen LogP contribution in [-0.4, -0.2) is 79.1 Å². The summed E-state index contributed by atoms with van der Waals surface area (Å²) < 4.78 is 61.8. The van der Waals surface area contributed by atoms with Gasteiger partial charge in [0.15, 0.2) is 0 Å². The van der Waals surface area contributed by atoms with E-state index in [1.807, 2.05) is 4.72 Å². The normalized spacial score (nSPS) is 10.9. The topological polar surface area (TPSA) is 271 Å². The van der Waals surface area contributed by atoms with Gasteiger partial charge in [0.05, 0.1) is 24.8 Å². The fourth-order valence-electron chi connectivity index (χ4n) is 3.31. The van der Waals surface area contributed by atoms with Gasteiger partial charge in [-0.15, -0.1) is 0 Å². The van der Waals surface area contributed by atoms with Gasteiger partial charge in [-0.3, -0.25) is 10.6 Å². The molecule has 0 spiro atoms. The van der Waals surface area contributed by atoms with Gasteiger partial charge in [-0.25, -0.2) is 45.6 Å². The summed E-state index contributed by atoms with van der Waals surface area (Å²) >= 11 is 11.5. The van der Waals surface area contributed by atoms with Crippen LogP contribution in [0.1, 0.15) is 16.2 Å². The first-order chi connectivity index (χ1) is 22.5. The summed E-state index contributed by atoms with van der Waals surface area (Å²) in [5, 5.41) is 13.3. The van der Waals surface area contributed by atoms with E-state index in [-0.39, 0.29) is 38.9 Å². The Morgan fingerprint density at radius 3 is 1.83 bits per heavy atom. The molecule has 2 aromatic heterocycles. The zero-order valence-corrected chi connectivity index (χ0v) is 27.8. The Hall–Kier alpha value is -5.38. The van der Waals surface area contributed by atoms with Crippen molar-refractivity contribution in [3.63, 3.8) is 0 Å². The maximum atomic E-state index is 12.2. The molecule has 0 aliphatic heterocycles. The van der Waals surface area contributed by atoms with E-state index in [1.54, 1.807) is 17.7 Å². The predicted octanol–water partition coefficient (Wildman–Crippen LogP) is 2.70. The summed E-state index contributed by atoms with van der Waals surface area (Å²) in [5.74, 6) is -1.57. The standard InChI is InChI=1S/C13H11ClN4O6S.C12H12ClN5O4S/c1-24-10-6-9(14)15-12(16-10)17-13(21)18-25(22,23)8-5-3-2-4-7(8)11(19)20;1-7-14-10(17-12(15-7)22-2)16-11(19)18-23(20,21)9-6-4-3-5-8(9)13/h2-6H,1H3,(H,19,20)(H2,15,16,17,18,21);3-6H,1-2H3,(H2,14,15,16,17,18,19). The first-order valence-electron chi connectivity index (χ1n) is 12.6. The zero-order chi connectivity index (χ0) is 35.6. The number of carboxylic acid groups (broad SMARTS) is 1. The summed E-state index contributed by atoms with van der Waals surface area (Å²) in [6, 6.07) is 9.58. The van der Waals surface area contributed by atoms with Crippen LogP contribution in [-0.2, 0) is 20.0 Å². The molecule has 0 radical (unpaired) electrons. The van der Waals surface area contributed by atoms with E-state index in [2.05, 4.69) is 35.6 Å². The number of hydrogen-bond donors (Lipinski definition) is 5. The Kier molecular flexibility index (Phi) is 12.3. The molecule has 2 heterocycles. The van der Waals surface area contributed by atoms with Crippen LogP contribution < -0.4 is 29.6 Å². The number of carboxylic acids is 1. The quantitative estimate of drug-likeness (QED) is 0.154. The van der Waals surface area contributed by atoms with Crippen LogP contribution in [0, 0.1) is 6.92 Å². The largest absolute Gasteiger partial charge is 0.481 e. The number of ether oxygens (including phenoxy) is 2. The predicted molar refractivity (Wildman–Crippen MR) is 168 cm³/mol. The van der Waals surface area contributed by atoms with Crippen LogP contribution in [0.15, 0.2) is 64.4 Å². The lowest BCUT2D eigenvalue weighted by Crippen LogP contribution is -2.35. The van der Waals surface area contributed by atoms with Gasteiger partial charge in [-0.1, -0.05) is 47.5 Å². The van der Waals surface area contributed by atoms with E-state index < -0.39 is 48.5 Å². The Labute approximate surface area is 282 Å². The third-order valence-corrected chi connectivity index (χ3v) is 8.64. The van der Waals surface area contributed by atoms with Gasteiger partial charge >= 0.3 is 24.0 Å². The first-order valence-corrected chi connectivity index (χ1v) is 16.4. The molecule has 0 aliphatic carbocycles. The SMILES string of the molecule is COc1cc(Cl)nc(NC(=O)NS(=O)(=O)c2ccccc2C(=O)O)n1.COc1nc(C)nc(NC(=O)NS(=O)(=O)c2ccccc2Cl)n1. The molecule has 0 atom stereocenters. The van der Waals surface area contributed by atoms with Crippen molar-refractivity contribution in [2.75, 3.05) is 24.9 Å². The molecule has 23 heteroatoms. The number of benzene rings is 2. The molecule has 4 amide bonds. The van der Waals surface area contributed by atoms with Gasteiger partial charge in [-0.05, 0) is 31.2 Å². The number of aromatic carboxylic acids is 1. The number of methoxy groups -OCH3 is 2. The summed E-state index contributed by atoms with van der Waals surface area (Å²) in [7, 11) is -5.91. The van der Waals surface area contributed by atoms with Crippen molar-refractivity contribution in [2.24, 2.45) is 0 Å².